The van der Waals surface area contributed by atoms with Gasteiger partial charge in [-0.2, -0.15) is 5.10 Å². The zero-order valence-corrected chi connectivity index (χ0v) is 7.08. The van der Waals surface area contributed by atoms with Gasteiger partial charge in [-0.1, -0.05) is 6.42 Å². The van der Waals surface area contributed by atoms with Crippen LogP contribution in [0.4, 0.5) is 0 Å². The van der Waals surface area contributed by atoms with E-state index in [2.05, 4.69) is 15.2 Å². The Morgan fingerprint density at radius 3 is 2.92 bits per heavy atom. The molecule has 0 radical (unpaired) electrons. The van der Waals surface area contributed by atoms with E-state index in [1.807, 2.05) is 0 Å². The Balaban J connectivity index is 2.02. The second-order valence-electron chi connectivity index (χ2n) is 3.31. The lowest BCUT2D eigenvalue weighted by Crippen LogP contribution is -2.10. The predicted molar refractivity (Wildman–Crippen MR) is 45.7 cm³/mol. The molecule has 0 bridgehead atoms. The van der Waals surface area contributed by atoms with E-state index in [4.69, 9.17) is 5.73 Å². The quantitative estimate of drug-likeness (QED) is 0.690. The van der Waals surface area contributed by atoms with Gasteiger partial charge in [-0.3, -0.25) is 5.10 Å². The van der Waals surface area contributed by atoms with E-state index in [0.717, 1.165) is 18.1 Å². The summed E-state index contributed by atoms with van der Waals surface area (Å²) in [6.07, 6.45) is 4.63. The van der Waals surface area contributed by atoms with E-state index in [9.17, 15) is 0 Å². The van der Waals surface area contributed by atoms with E-state index >= 15 is 0 Å². The topological polar surface area (TPSA) is 67.6 Å². The molecule has 1 aliphatic carbocycles. The van der Waals surface area contributed by atoms with Gasteiger partial charge in [-0.25, -0.2) is 4.98 Å². The third-order valence-electron chi connectivity index (χ3n) is 2.40. The summed E-state index contributed by atoms with van der Waals surface area (Å²) in [5.41, 5.74) is 5.40. The summed E-state index contributed by atoms with van der Waals surface area (Å²) >= 11 is 0. The van der Waals surface area contributed by atoms with Gasteiger partial charge < -0.3 is 5.73 Å². The van der Waals surface area contributed by atoms with Gasteiger partial charge in [0.05, 0.1) is 0 Å². The minimum Gasteiger partial charge on any atom is -0.330 e. The van der Waals surface area contributed by atoms with Gasteiger partial charge >= 0.3 is 0 Å². The SMILES string of the molecule is NCCc1nc(C2CCC2)n[nH]1. The van der Waals surface area contributed by atoms with Gasteiger partial charge in [0.15, 0.2) is 5.82 Å². The monoisotopic (exact) mass is 166 g/mol. The minimum absolute atomic E-state index is 0.618. The lowest BCUT2D eigenvalue weighted by atomic mass is 9.85. The number of aromatic nitrogens is 3. The summed E-state index contributed by atoms with van der Waals surface area (Å²) in [7, 11) is 0. The molecule has 12 heavy (non-hydrogen) atoms. The van der Waals surface area contributed by atoms with Crippen LogP contribution in [0.1, 0.15) is 36.8 Å². The average Bonchev–Trinajstić information content (AvgIpc) is 2.34. The van der Waals surface area contributed by atoms with E-state index in [1.54, 1.807) is 0 Å². The molecule has 4 heteroatoms. The van der Waals surface area contributed by atoms with Crippen molar-refractivity contribution in [1.29, 1.82) is 0 Å². The van der Waals surface area contributed by atoms with Crippen LogP contribution in [0.2, 0.25) is 0 Å². The maximum Gasteiger partial charge on any atom is 0.153 e. The molecule has 0 unspecified atom stereocenters. The molecule has 0 aromatic carbocycles. The fourth-order valence-electron chi connectivity index (χ4n) is 1.41. The molecule has 2 rings (SSSR count). The highest BCUT2D eigenvalue weighted by Gasteiger charge is 2.23. The molecular formula is C8H14N4. The van der Waals surface area contributed by atoms with Crippen molar-refractivity contribution in [2.75, 3.05) is 6.54 Å². The normalized spacial score (nSPS) is 17.8. The van der Waals surface area contributed by atoms with E-state index in [1.165, 1.54) is 19.3 Å². The number of nitrogens with two attached hydrogens (primary N) is 1. The van der Waals surface area contributed by atoms with Crippen LogP contribution < -0.4 is 5.73 Å². The van der Waals surface area contributed by atoms with Crippen molar-refractivity contribution in [1.82, 2.24) is 15.2 Å². The number of nitrogens with one attached hydrogen (secondary N) is 1. The van der Waals surface area contributed by atoms with Gasteiger partial charge in [0.2, 0.25) is 0 Å². The summed E-state index contributed by atoms with van der Waals surface area (Å²) in [4.78, 5) is 4.38. The fraction of sp³-hybridized carbons (Fsp3) is 0.750. The summed E-state index contributed by atoms with van der Waals surface area (Å²) in [5.74, 6) is 2.54. The first-order valence-electron chi connectivity index (χ1n) is 4.51. The Hall–Kier alpha value is -0.900. The Morgan fingerprint density at radius 2 is 2.33 bits per heavy atom. The van der Waals surface area contributed by atoms with Crippen LogP contribution in [0.15, 0.2) is 0 Å². The third-order valence-corrected chi connectivity index (χ3v) is 2.40. The summed E-state index contributed by atoms with van der Waals surface area (Å²) in [5, 5.41) is 7.08. The maximum atomic E-state index is 5.40. The number of hydrogen-bond acceptors (Lipinski definition) is 3. The third kappa shape index (κ3) is 1.34. The Kier molecular flexibility index (Phi) is 2.08. The van der Waals surface area contributed by atoms with E-state index < -0.39 is 0 Å². The molecule has 1 aromatic heterocycles. The molecule has 1 fully saturated rings. The Bertz CT molecular complexity index is 251. The van der Waals surface area contributed by atoms with Gasteiger partial charge in [0.1, 0.15) is 5.82 Å². The van der Waals surface area contributed by atoms with Crippen LogP contribution >= 0.6 is 0 Å². The molecular weight excluding hydrogens is 152 g/mol. The molecule has 0 aliphatic heterocycles. The van der Waals surface area contributed by atoms with E-state index in [-0.39, 0.29) is 0 Å². The zero-order chi connectivity index (χ0) is 8.39. The molecule has 0 amide bonds. The predicted octanol–water partition coefficient (Wildman–Crippen LogP) is 0.573. The van der Waals surface area contributed by atoms with Gasteiger partial charge in [-0.15, -0.1) is 0 Å². The maximum absolute atomic E-state index is 5.40. The molecule has 1 aromatic rings. The van der Waals surface area contributed by atoms with Gasteiger partial charge in [0.25, 0.3) is 0 Å². The highest BCUT2D eigenvalue weighted by molar-refractivity contribution is 5.01. The van der Waals surface area contributed by atoms with Crippen LogP contribution in [-0.4, -0.2) is 21.7 Å². The summed E-state index contributed by atoms with van der Waals surface area (Å²) < 4.78 is 0. The molecule has 1 heterocycles. The average molecular weight is 166 g/mol. The van der Waals surface area contributed by atoms with Crippen molar-refractivity contribution in [2.45, 2.75) is 31.6 Å². The van der Waals surface area contributed by atoms with Crippen LogP contribution in [0.3, 0.4) is 0 Å². The molecule has 3 N–H and O–H groups in total. The van der Waals surface area contributed by atoms with Crippen molar-refractivity contribution in [3.8, 4) is 0 Å². The van der Waals surface area contributed by atoms with Crippen molar-refractivity contribution in [2.24, 2.45) is 5.73 Å². The lowest BCUT2D eigenvalue weighted by Gasteiger charge is -2.21. The minimum atomic E-state index is 0.618. The highest BCUT2D eigenvalue weighted by Crippen LogP contribution is 2.33. The van der Waals surface area contributed by atoms with E-state index in [0.29, 0.717) is 12.5 Å². The first-order valence-corrected chi connectivity index (χ1v) is 4.51. The molecule has 1 aliphatic rings. The smallest absolute Gasteiger partial charge is 0.153 e. The van der Waals surface area contributed by atoms with Crippen molar-refractivity contribution >= 4 is 0 Å². The number of aromatic amines is 1. The van der Waals surface area contributed by atoms with Gasteiger partial charge in [0, 0.05) is 12.3 Å². The summed E-state index contributed by atoms with van der Waals surface area (Å²) in [6, 6.07) is 0. The lowest BCUT2D eigenvalue weighted by molar-refractivity contribution is 0.402. The molecule has 1 saturated carbocycles. The Morgan fingerprint density at radius 1 is 1.50 bits per heavy atom. The van der Waals surface area contributed by atoms with Crippen molar-refractivity contribution in [3.63, 3.8) is 0 Å². The number of rotatable bonds is 3. The number of hydrogen-bond donors (Lipinski definition) is 2. The Labute approximate surface area is 71.6 Å². The zero-order valence-electron chi connectivity index (χ0n) is 7.08. The molecule has 0 atom stereocenters. The molecule has 0 saturated heterocycles. The first kappa shape index (κ1) is 7.73. The second-order valence-corrected chi connectivity index (χ2v) is 3.31. The van der Waals surface area contributed by atoms with Crippen molar-refractivity contribution in [3.05, 3.63) is 11.6 Å². The first-order chi connectivity index (χ1) is 5.90. The number of H-pyrrole nitrogens is 1. The van der Waals surface area contributed by atoms with Crippen LogP contribution in [0.25, 0.3) is 0 Å². The second kappa shape index (κ2) is 3.23. The molecule has 4 nitrogen and oxygen atoms in total. The fourth-order valence-corrected chi connectivity index (χ4v) is 1.41. The van der Waals surface area contributed by atoms with Crippen LogP contribution in [0.5, 0.6) is 0 Å². The van der Waals surface area contributed by atoms with Crippen molar-refractivity contribution < 1.29 is 0 Å². The summed E-state index contributed by atoms with van der Waals surface area (Å²) in [6.45, 7) is 0.638. The molecule has 66 valence electrons. The van der Waals surface area contributed by atoms with Crippen LogP contribution in [-0.2, 0) is 6.42 Å². The van der Waals surface area contributed by atoms with Crippen LogP contribution in [0, 0.1) is 0 Å². The largest absolute Gasteiger partial charge is 0.330 e. The van der Waals surface area contributed by atoms with Gasteiger partial charge in [-0.05, 0) is 19.4 Å². The highest BCUT2D eigenvalue weighted by atomic mass is 15.2. The molecule has 0 spiro atoms. The number of nitrogens with zero attached hydrogens (tertiary/aromatic N) is 2. The standard InChI is InChI=1S/C8H14N4/c9-5-4-7-10-8(12-11-7)6-2-1-3-6/h6H,1-5,9H2,(H,10,11,12).